The zero-order valence-corrected chi connectivity index (χ0v) is 40.2. The molecular weight excluding hydrogens is 832 g/mol. The average molecular weight is 885 g/mol. The Labute approximate surface area is 397 Å². The molecule has 1 aliphatic carbocycles. The van der Waals surface area contributed by atoms with Crippen molar-refractivity contribution in [2.24, 2.45) is 0 Å². The lowest BCUT2D eigenvalue weighted by Gasteiger charge is -2.42. The fourth-order valence-electron chi connectivity index (χ4n) is 11.6. The highest BCUT2D eigenvalue weighted by Gasteiger charge is 2.39. The van der Waals surface area contributed by atoms with Crippen LogP contribution in [-0.4, -0.2) is 11.8 Å². The van der Waals surface area contributed by atoms with Crippen LogP contribution < -0.4 is 16.2 Å². The van der Waals surface area contributed by atoms with Crippen LogP contribution in [0, 0.1) is 0 Å². The first-order valence-corrected chi connectivity index (χ1v) is 24.8. The van der Waals surface area contributed by atoms with Gasteiger partial charge in [0.15, 0.2) is 7.28 Å². The Hall–Kier alpha value is -6.82. The second-order valence-corrected chi connectivity index (χ2v) is 22.7. The second-order valence-electron chi connectivity index (χ2n) is 21.6. The van der Waals surface area contributed by atoms with Gasteiger partial charge in [-0.05, 0) is 116 Å². The number of benzene rings is 8. The Morgan fingerprint density at radius 1 is 0.597 bits per heavy atom. The fraction of sp³-hybridized carbons (Fsp3) is 0.194. The first-order chi connectivity index (χ1) is 32.3. The van der Waals surface area contributed by atoms with Crippen molar-refractivity contribution in [3.8, 4) is 38.4 Å². The minimum absolute atomic E-state index is 0.0455. The Morgan fingerprint density at radius 2 is 1.28 bits per heavy atom. The molecule has 0 fully saturated rings. The topological polar surface area (TPSA) is 30.1 Å². The molecule has 0 spiro atoms. The highest BCUT2D eigenvalue weighted by atomic mass is 32.1. The number of thiophene rings is 1. The minimum Gasteiger partial charge on any atom is -0.456 e. The zero-order valence-electron chi connectivity index (χ0n) is 39.4. The number of anilines is 2. The summed E-state index contributed by atoms with van der Waals surface area (Å²) >= 11 is 1.92. The van der Waals surface area contributed by atoms with E-state index >= 15 is 0 Å². The Balaban J connectivity index is 1.11. The molecule has 2 aliphatic rings. The standard InChI is InChI=1S/C62H53BN2OS/c1-60(2,3)38-22-24-39(25-23-38)64-50-33-48-47(61(4,5)28-29-62(48,6)7)31-43(50)41-26-27-42-44-30-45-40-20-14-15-21-53(40)66-54(45)35-51(44)65-52-32-46-55(34-49(52)63-57(41)58(42)65)67-59(37-18-12-9-13-19-37)56(46)36-16-10-8-11-17-36/h8-27,30-35,63-64H,28-29H2,1-7H3. The van der Waals surface area contributed by atoms with E-state index in [2.05, 4.69) is 216 Å². The number of aromatic nitrogens is 1. The number of nitrogens with one attached hydrogen (secondary N) is 1. The molecule has 67 heavy (non-hydrogen) atoms. The van der Waals surface area contributed by atoms with Gasteiger partial charge in [-0.1, -0.05) is 157 Å². The summed E-state index contributed by atoms with van der Waals surface area (Å²) in [5, 5.41) is 10.1. The first kappa shape index (κ1) is 40.5. The van der Waals surface area contributed by atoms with Crippen molar-refractivity contribution >= 4 is 94.7 Å². The molecule has 0 radical (unpaired) electrons. The lowest BCUT2D eigenvalue weighted by Crippen LogP contribution is -2.37. The highest BCUT2D eigenvalue weighted by molar-refractivity contribution is 7.23. The third-order valence-electron chi connectivity index (χ3n) is 15.4. The second kappa shape index (κ2) is 14.3. The number of hydrogen-bond donors (Lipinski definition) is 1. The van der Waals surface area contributed by atoms with Gasteiger partial charge in [-0.15, -0.1) is 11.3 Å². The summed E-state index contributed by atoms with van der Waals surface area (Å²) in [7, 11) is 0.818. The van der Waals surface area contributed by atoms with Crippen molar-refractivity contribution in [3.05, 3.63) is 174 Å². The van der Waals surface area contributed by atoms with Crippen molar-refractivity contribution in [1.82, 2.24) is 4.57 Å². The van der Waals surface area contributed by atoms with E-state index in [0.717, 1.165) is 53.4 Å². The van der Waals surface area contributed by atoms with Crippen LogP contribution in [-0.2, 0) is 16.2 Å². The smallest absolute Gasteiger partial charge is 0.198 e. The summed E-state index contributed by atoms with van der Waals surface area (Å²) in [6.07, 6.45) is 2.32. The Bertz CT molecular complexity index is 3820. The summed E-state index contributed by atoms with van der Waals surface area (Å²) < 4.78 is 10.6. The number of hydrogen-bond acceptors (Lipinski definition) is 3. The fourth-order valence-corrected chi connectivity index (χ4v) is 12.9. The Morgan fingerprint density at radius 3 is 2.01 bits per heavy atom. The lowest BCUT2D eigenvalue weighted by atomic mass is 9.58. The molecule has 4 heterocycles. The van der Waals surface area contributed by atoms with Gasteiger partial charge in [0.2, 0.25) is 0 Å². The van der Waals surface area contributed by atoms with Crippen LogP contribution in [0.1, 0.15) is 78.0 Å². The monoisotopic (exact) mass is 884 g/mol. The summed E-state index contributed by atoms with van der Waals surface area (Å²) in [5.41, 5.74) is 21.3. The molecule has 3 nitrogen and oxygen atoms in total. The van der Waals surface area contributed by atoms with E-state index in [4.69, 9.17) is 4.42 Å². The van der Waals surface area contributed by atoms with Gasteiger partial charge < -0.3 is 14.3 Å². The van der Waals surface area contributed by atoms with Crippen LogP contribution in [0.15, 0.2) is 162 Å². The predicted molar refractivity (Wildman–Crippen MR) is 290 cm³/mol. The van der Waals surface area contributed by atoms with Crippen molar-refractivity contribution in [2.75, 3.05) is 5.32 Å². The van der Waals surface area contributed by atoms with Gasteiger partial charge in [-0.2, -0.15) is 0 Å². The number of furan rings is 1. The summed E-state index contributed by atoms with van der Waals surface area (Å²) in [6.45, 7) is 16.6. The third kappa shape index (κ3) is 6.24. The largest absolute Gasteiger partial charge is 0.456 e. The minimum atomic E-state index is 0.0455. The van der Waals surface area contributed by atoms with E-state index in [1.165, 1.54) is 97.9 Å². The molecule has 0 unspecified atom stereocenters. The molecule has 0 atom stereocenters. The maximum Gasteiger partial charge on any atom is 0.198 e. The molecule has 0 amide bonds. The molecule has 1 aliphatic heterocycles. The van der Waals surface area contributed by atoms with Gasteiger partial charge >= 0.3 is 0 Å². The van der Waals surface area contributed by atoms with E-state index in [1.807, 2.05) is 11.3 Å². The normalized spacial score (nSPS) is 15.0. The van der Waals surface area contributed by atoms with E-state index < -0.39 is 0 Å². The van der Waals surface area contributed by atoms with Crippen molar-refractivity contribution in [2.45, 2.75) is 77.6 Å². The summed E-state index contributed by atoms with van der Waals surface area (Å²) in [4.78, 5) is 1.31. The first-order valence-electron chi connectivity index (χ1n) is 24.0. The van der Waals surface area contributed by atoms with Crippen molar-refractivity contribution in [3.63, 3.8) is 0 Å². The van der Waals surface area contributed by atoms with Crippen LogP contribution in [0.4, 0.5) is 11.4 Å². The number of rotatable bonds is 5. The van der Waals surface area contributed by atoms with E-state index in [9.17, 15) is 0 Å². The Kier molecular flexibility index (Phi) is 8.66. The van der Waals surface area contributed by atoms with Crippen LogP contribution in [0.25, 0.3) is 92.2 Å². The van der Waals surface area contributed by atoms with Gasteiger partial charge in [-0.3, -0.25) is 0 Å². The van der Waals surface area contributed by atoms with Gasteiger partial charge in [0.25, 0.3) is 0 Å². The molecule has 13 rings (SSSR count). The molecule has 0 bridgehead atoms. The highest BCUT2D eigenvalue weighted by Crippen LogP contribution is 2.51. The third-order valence-corrected chi connectivity index (χ3v) is 16.6. The van der Waals surface area contributed by atoms with Gasteiger partial charge in [-0.25, -0.2) is 0 Å². The van der Waals surface area contributed by atoms with Crippen LogP contribution >= 0.6 is 11.3 Å². The van der Waals surface area contributed by atoms with Gasteiger partial charge in [0.05, 0.1) is 5.52 Å². The van der Waals surface area contributed by atoms with Crippen LogP contribution in [0.2, 0.25) is 0 Å². The summed E-state index contributed by atoms with van der Waals surface area (Å²) in [5.74, 6) is 0. The lowest BCUT2D eigenvalue weighted by molar-refractivity contribution is 0.332. The maximum atomic E-state index is 6.65. The predicted octanol–water partition coefficient (Wildman–Crippen LogP) is 16.0. The molecule has 8 aromatic carbocycles. The SMILES string of the molecule is CC(C)(C)c1ccc(Nc2cc3c(cc2-c2ccc4c5cc6c(cc5n5c4c2Bc2cc4sc(-c7ccccc7)c(-c7ccccc7)c4cc2-5)oc2ccccc26)C(C)(C)CCC3(C)C)cc1. The molecule has 1 N–H and O–H groups in total. The van der Waals surface area contributed by atoms with Gasteiger partial charge in [0.1, 0.15) is 11.2 Å². The van der Waals surface area contributed by atoms with Gasteiger partial charge in [0, 0.05) is 76.3 Å². The van der Waals surface area contributed by atoms with Crippen molar-refractivity contribution in [1.29, 1.82) is 0 Å². The molecule has 0 saturated carbocycles. The van der Waals surface area contributed by atoms with E-state index in [0.29, 0.717) is 0 Å². The number of para-hydroxylation sites is 1. The molecule has 3 aromatic heterocycles. The molecular formula is C62H53BN2OS. The number of fused-ring (bicyclic) bond motifs is 10. The van der Waals surface area contributed by atoms with Crippen LogP contribution in [0.3, 0.4) is 0 Å². The maximum absolute atomic E-state index is 6.65. The average Bonchev–Trinajstić information content (AvgIpc) is 3.99. The molecule has 11 aromatic rings. The molecule has 0 saturated heterocycles. The van der Waals surface area contributed by atoms with E-state index in [1.54, 1.807) is 0 Å². The zero-order chi connectivity index (χ0) is 45.6. The summed E-state index contributed by atoms with van der Waals surface area (Å²) in [6, 6.07) is 59.1. The molecule has 5 heteroatoms. The quantitative estimate of drug-likeness (QED) is 0.175. The number of nitrogens with zero attached hydrogens (tertiary/aromatic N) is 1. The molecule has 326 valence electrons. The van der Waals surface area contributed by atoms with Crippen molar-refractivity contribution < 1.29 is 4.42 Å². The van der Waals surface area contributed by atoms with Crippen LogP contribution in [0.5, 0.6) is 0 Å². The van der Waals surface area contributed by atoms with E-state index in [-0.39, 0.29) is 16.2 Å².